The smallest absolute Gasteiger partial charge is 0.133 e. The highest BCUT2D eigenvalue weighted by molar-refractivity contribution is 5.78. The summed E-state index contributed by atoms with van der Waals surface area (Å²) in [5.41, 5.74) is 1.59. The molecule has 1 nitrogen and oxygen atoms in total. The van der Waals surface area contributed by atoms with Crippen molar-refractivity contribution in [2.45, 2.75) is 40.5 Å². The molecule has 1 atom stereocenters. The van der Waals surface area contributed by atoms with Crippen LogP contribution in [0.15, 0.2) is 11.6 Å². The Morgan fingerprint density at radius 1 is 1.58 bits per heavy atom. The first-order chi connectivity index (χ1) is 5.41. The van der Waals surface area contributed by atoms with E-state index in [9.17, 15) is 4.79 Å². The molecule has 0 N–H and O–H groups in total. The molecule has 1 aliphatic carbocycles. The minimum Gasteiger partial charge on any atom is -0.300 e. The molecular weight excluding hydrogens is 148 g/mol. The summed E-state index contributed by atoms with van der Waals surface area (Å²) in [4.78, 5) is 11.2. The normalized spacial score (nSPS) is 28.0. The van der Waals surface area contributed by atoms with E-state index in [1.165, 1.54) is 5.57 Å². The summed E-state index contributed by atoms with van der Waals surface area (Å²) in [5.74, 6) is 0.612. The number of hydrogen-bond donors (Lipinski definition) is 0. The number of allylic oxidation sites excluding steroid dienone is 2. The Balaban J connectivity index is 2.79. The van der Waals surface area contributed by atoms with Gasteiger partial charge in [-0.05, 0) is 32.1 Å². The van der Waals surface area contributed by atoms with Crippen LogP contribution in [0.5, 0.6) is 0 Å². The lowest BCUT2D eigenvalue weighted by molar-refractivity contribution is -0.121. The molecular formula is C11H18O. The molecule has 0 aromatic rings. The van der Waals surface area contributed by atoms with Crippen LogP contribution < -0.4 is 0 Å². The molecule has 1 heteroatoms. The van der Waals surface area contributed by atoms with Gasteiger partial charge in [-0.15, -0.1) is 0 Å². The van der Waals surface area contributed by atoms with Crippen LogP contribution in [0, 0.1) is 11.3 Å². The third-order valence-corrected chi connectivity index (χ3v) is 2.55. The Hall–Kier alpha value is -0.590. The zero-order valence-electron chi connectivity index (χ0n) is 8.48. The summed E-state index contributed by atoms with van der Waals surface area (Å²) in [6.45, 7) is 8.23. The van der Waals surface area contributed by atoms with E-state index in [1.54, 1.807) is 6.92 Å². The van der Waals surface area contributed by atoms with Gasteiger partial charge in [0.25, 0.3) is 0 Å². The first-order valence-electron chi connectivity index (χ1n) is 4.59. The molecule has 0 aliphatic heterocycles. The van der Waals surface area contributed by atoms with Crippen LogP contribution in [0.4, 0.5) is 0 Å². The van der Waals surface area contributed by atoms with Crippen molar-refractivity contribution in [1.29, 1.82) is 0 Å². The second-order valence-corrected chi connectivity index (χ2v) is 4.70. The Kier molecular flexibility index (Phi) is 2.41. The highest BCUT2D eigenvalue weighted by atomic mass is 16.1. The molecule has 12 heavy (non-hydrogen) atoms. The molecule has 1 unspecified atom stereocenters. The van der Waals surface area contributed by atoms with Crippen LogP contribution in [0.3, 0.4) is 0 Å². The molecule has 1 rings (SSSR count). The van der Waals surface area contributed by atoms with E-state index < -0.39 is 0 Å². The fourth-order valence-electron chi connectivity index (χ4n) is 2.17. The summed E-state index contributed by atoms with van der Waals surface area (Å²) in [6, 6.07) is 0. The Labute approximate surface area is 74.9 Å². The standard InChI is InChI=1S/C11H18O/c1-8-5-10(9(2)12)7-11(3,4)6-8/h6,10H,5,7H2,1-4H3. The Morgan fingerprint density at radius 3 is 2.58 bits per heavy atom. The average molecular weight is 166 g/mol. The molecule has 0 amide bonds. The molecule has 68 valence electrons. The van der Waals surface area contributed by atoms with Crippen molar-refractivity contribution in [2.24, 2.45) is 11.3 Å². The van der Waals surface area contributed by atoms with Crippen molar-refractivity contribution >= 4 is 5.78 Å². The topological polar surface area (TPSA) is 17.1 Å². The van der Waals surface area contributed by atoms with Gasteiger partial charge in [0, 0.05) is 5.92 Å². The number of rotatable bonds is 1. The SMILES string of the molecule is CC(=O)C1CC(C)=CC(C)(C)C1. The van der Waals surface area contributed by atoms with E-state index in [0.29, 0.717) is 5.78 Å². The zero-order valence-corrected chi connectivity index (χ0v) is 8.48. The zero-order chi connectivity index (χ0) is 9.35. The van der Waals surface area contributed by atoms with Gasteiger partial charge in [0.1, 0.15) is 5.78 Å². The van der Waals surface area contributed by atoms with Crippen molar-refractivity contribution in [1.82, 2.24) is 0 Å². The molecule has 0 bridgehead atoms. The average Bonchev–Trinajstić information content (AvgIpc) is 1.82. The maximum absolute atomic E-state index is 11.2. The van der Waals surface area contributed by atoms with Crippen LogP contribution in [0.2, 0.25) is 0 Å². The van der Waals surface area contributed by atoms with Gasteiger partial charge in [0.15, 0.2) is 0 Å². The van der Waals surface area contributed by atoms with Gasteiger partial charge in [-0.3, -0.25) is 4.79 Å². The molecule has 0 radical (unpaired) electrons. The van der Waals surface area contributed by atoms with Gasteiger partial charge in [-0.1, -0.05) is 25.5 Å². The molecule has 0 aromatic carbocycles. The predicted octanol–water partition coefficient (Wildman–Crippen LogP) is 2.96. The monoisotopic (exact) mass is 166 g/mol. The predicted molar refractivity (Wildman–Crippen MR) is 50.9 cm³/mol. The number of hydrogen-bond acceptors (Lipinski definition) is 1. The van der Waals surface area contributed by atoms with Gasteiger partial charge in [0.05, 0.1) is 0 Å². The third kappa shape index (κ3) is 2.20. The van der Waals surface area contributed by atoms with Crippen molar-refractivity contribution in [2.75, 3.05) is 0 Å². The van der Waals surface area contributed by atoms with E-state index in [1.807, 2.05) is 0 Å². The van der Waals surface area contributed by atoms with Crippen molar-refractivity contribution < 1.29 is 4.79 Å². The second kappa shape index (κ2) is 3.04. The van der Waals surface area contributed by atoms with Crippen molar-refractivity contribution in [3.63, 3.8) is 0 Å². The molecule has 1 aliphatic rings. The van der Waals surface area contributed by atoms with Crippen molar-refractivity contribution in [3.8, 4) is 0 Å². The van der Waals surface area contributed by atoms with E-state index in [4.69, 9.17) is 0 Å². The van der Waals surface area contributed by atoms with Crippen LogP contribution in [0.25, 0.3) is 0 Å². The highest BCUT2D eigenvalue weighted by Crippen LogP contribution is 2.36. The van der Waals surface area contributed by atoms with Crippen LogP contribution in [-0.4, -0.2) is 5.78 Å². The van der Waals surface area contributed by atoms with E-state index in [2.05, 4.69) is 26.8 Å². The fourth-order valence-corrected chi connectivity index (χ4v) is 2.17. The maximum atomic E-state index is 11.2. The highest BCUT2D eigenvalue weighted by Gasteiger charge is 2.28. The molecule has 0 aromatic heterocycles. The summed E-state index contributed by atoms with van der Waals surface area (Å²) >= 11 is 0. The fraction of sp³-hybridized carbons (Fsp3) is 0.727. The summed E-state index contributed by atoms with van der Waals surface area (Å²) in [7, 11) is 0. The largest absolute Gasteiger partial charge is 0.300 e. The minimum absolute atomic E-state index is 0.221. The lowest BCUT2D eigenvalue weighted by Gasteiger charge is -2.31. The Morgan fingerprint density at radius 2 is 2.17 bits per heavy atom. The van der Waals surface area contributed by atoms with E-state index >= 15 is 0 Å². The van der Waals surface area contributed by atoms with Crippen LogP contribution >= 0.6 is 0 Å². The summed E-state index contributed by atoms with van der Waals surface area (Å²) < 4.78 is 0. The summed E-state index contributed by atoms with van der Waals surface area (Å²) in [6.07, 6.45) is 4.28. The van der Waals surface area contributed by atoms with Gasteiger partial charge in [-0.2, -0.15) is 0 Å². The first kappa shape index (κ1) is 9.50. The number of Topliss-reactive ketones (excluding diaryl/α,β-unsaturated/α-hetero) is 1. The van der Waals surface area contributed by atoms with Crippen molar-refractivity contribution in [3.05, 3.63) is 11.6 Å². The van der Waals surface area contributed by atoms with Crippen LogP contribution in [-0.2, 0) is 4.79 Å². The quantitative estimate of drug-likeness (QED) is 0.547. The third-order valence-electron chi connectivity index (χ3n) is 2.55. The number of ketones is 1. The summed E-state index contributed by atoms with van der Waals surface area (Å²) in [5, 5.41) is 0. The molecule has 0 saturated carbocycles. The van der Waals surface area contributed by atoms with E-state index in [0.717, 1.165) is 12.8 Å². The van der Waals surface area contributed by atoms with Gasteiger partial charge < -0.3 is 0 Å². The molecule has 0 spiro atoms. The lowest BCUT2D eigenvalue weighted by Crippen LogP contribution is -2.24. The van der Waals surface area contributed by atoms with Gasteiger partial charge >= 0.3 is 0 Å². The van der Waals surface area contributed by atoms with Crippen LogP contribution in [0.1, 0.15) is 40.5 Å². The number of carbonyl (C=O) groups is 1. The molecule has 0 heterocycles. The molecule has 0 saturated heterocycles. The second-order valence-electron chi connectivity index (χ2n) is 4.70. The number of carbonyl (C=O) groups excluding carboxylic acids is 1. The maximum Gasteiger partial charge on any atom is 0.133 e. The lowest BCUT2D eigenvalue weighted by atomic mass is 9.73. The van der Waals surface area contributed by atoms with Gasteiger partial charge in [-0.25, -0.2) is 0 Å². The first-order valence-corrected chi connectivity index (χ1v) is 4.59. The van der Waals surface area contributed by atoms with Gasteiger partial charge in [0.2, 0.25) is 0 Å². The minimum atomic E-state index is 0.221. The molecule has 0 fully saturated rings. The Bertz CT molecular complexity index is 223. The van der Waals surface area contributed by atoms with E-state index in [-0.39, 0.29) is 11.3 Å².